The third-order valence-corrected chi connectivity index (χ3v) is 3.19. The predicted octanol–water partition coefficient (Wildman–Crippen LogP) is 1.18. The molecule has 0 saturated heterocycles. The number of hydrogen-bond acceptors (Lipinski definition) is 3. The molecule has 0 spiro atoms. The summed E-state index contributed by atoms with van der Waals surface area (Å²) in [4.78, 5) is 24.5. The topological polar surface area (TPSA) is 81.7 Å². The Morgan fingerprint density at radius 3 is 2.62 bits per heavy atom. The molecule has 0 bridgehead atoms. The van der Waals surface area contributed by atoms with Crippen LogP contribution in [0.25, 0.3) is 0 Å². The minimum absolute atomic E-state index is 0.140. The lowest BCUT2D eigenvalue weighted by molar-refractivity contribution is 0.0695. The number of carboxylic acids is 1. The maximum atomic E-state index is 11.8. The average Bonchev–Trinajstić information content (AvgIpc) is 2.47. The van der Waals surface area contributed by atoms with E-state index in [1.54, 1.807) is 36.2 Å². The normalized spacial score (nSPS) is 10.2. The number of carboxylic acid groups (broad SMARTS) is 1. The summed E-state index contributed by atoms with van der Waals surface area (Å²) in [5.74, 6) is -0.943. The first-order chi connectivity index (χ1) is 10.1. The van der Waals surface area contributed by atoms with Crippen LogP contribution in [0.4, 0.5) is 4.79 Å². The quantitative estimate of drug-likeness (QED) is 0.629. The summed E-state index contributed by atoms with van der Waals surface area (Å²) in [5.41, 5.74) is 1.01. The van der Waals surface area contributed by atoms with Gasteiger partial charge in [0.05, 0.1) is 5.56 Å². The molecule has 0 atom stereocenters. The molecule has 0 aromatic heterocycles. The fourth-order valence-electron chi connectivity index (χ4n) is 1.98. The lowest BCUT2D eigenvalue weighted by atomic mass is 10.0. The van der Waals surface area contributed by atoms with Gasteiger partial charge in [0.2, 0.25) is 0 Å². The highest BCUT2D eigenvalue weighted by Crippen LogP contribution is 2.09. The number of amides is 2. The second kappa shape index (κ2) is 8.97. The molecule has 2 amide bonds. The fraction of sp³-hybridized carbons (Fsp3) is 0.467. The third-order valence-electron chi connectivity index (χ3n) is 3.19. The van der Waals surface area contributed by atoms with Crippen LogP contribution in [-0.4, -0.2) is 55.7 Å². The van der Waals surface area contributed by atoms with Crippen LogP contribution in [-0.2, 0) is 6.42 Å². The molecule has 6 heteroatoms. The Balaban J connectivity index is 2.39. The molecular weight excluding hydrogens is 270 g/mol. The molecule has 1 aromatic rings. The highest BCUT2D eigenvalue weighted by atomic mass is 16.4. The van der Waals surface area contributed by atoms with Crippen molar-refractivity contribution in [2.75, 3.05) is 33.7 Å². The van der Waals surface area contributed by atoms with E-state index in [9.17, 15) is 9.59 Å². The van der Waals surface area contributed by atoms with Crippen molar-refractivity contribution >= 4 is 12.0 Å². The van der Waals surface area contributed by atoms with Crippen molar-refractivity contribution in [2.45, 2.75) is 12.8 Å². The van der Waals surface area contributed by atoms with E-state index in [0.717, 1.165) is 18.5 Å². The van der Waals surface area contributed by atoms with E-state index in [1.165, 1.54) is 0 Å². The van der Waals surface area contributed by atoms with Gasteiger partial charge >= 0.3 is 12.0 Å². The summed E-state index contributed by atoms with van der Waals surface area (Å²) in [6, 6.07) is 6.70. The Hall–Kier alpha value is -2.08. The maximum absolute atomic E-state index is 11.8. The van der Waals surface area contributed by atoms with Gasteiger partial charge in [-0.25, -0.2) is 9.59 Å². The third kappa shape index (κ3) is 5.83. The summed E-state index contributed by atoms with van der Waals surface area (Å²) in [5, 5.41) is 14.9. The number of benzene rings is 1. The molecule has 21 heavy (non-hydrogen) atoms. The first-order valence-corrected chi connectivity index (χ1v) is 7.01. The van der Waals surface area contributed by atoms with Gasteiger partial charge in [-0.2, -0.15) is 0 Å². The van der Waals surface area contributed by atoms with Crippen LogP contribution in [0.15, 0.2) is 24.3 Å². The maximum Gasteiger partial charge on any atom is 0.335 e. The molecule has 0 radical (unpaired) electrons. The molecule has 3 N–H and O–H groups in total. The zero-order valence-electron chi connectivity index (χ0n) is 12.6. The predicted molar refractivity (Wildman–Crippen MR) is 81.7 cm³/mol. The van der Waals surface area contributed by atoms with Gasteiger partial charge in [0.25, 0.3) is 0 Å². The number of carbonyl (C=O) groups is 2. The number of rotatable bonds is 8. The van der Waals surface area contributed by atoms with Crippen molar-refractivity contribution in [3.05, 3.63) is 35.4 Å². The molecule has 0 unspecified atom stereocenters. The van der Waals surface area contributed by atoms with E-state index in [1.807, 2.05) is 7.05 Å². The van der Waals surface area contributed by atoms with Gasteiger partial charge in [0, 0.05) is 20.1 Å². The van der Waals surface area contributed by atoms with Crippen LogP contribution in [0, 0.1) is 0 Å². The largest absolute Gasteiger partial charge is 0.478 e. The van der Waals surface area contributed by atoms with Crippen molar-refractivity contribution in [3.63, 3.8) is 0 Å². The molecule has 0 fully saturated rings. The van der Waals surface area contributed by atoms with E-state index in [-0.39, 0.29) is 11.6 Å². The summed E-state index contributed by atoms with van der Waals surface area (Å²) in [6.45, 7) is 1.96. The molecular formula is C15H23N3O3. The molecule has 6 nitrogen and oxygen atoms in total. The summed E-state index contributed by atoms with van der Waals surface area (Å²) in [7, 11) is 3.62. The van der Waals surface area contributed by atoms with Gasteiger partial charge in [0.15, 0.2) is 0 Å². The van der Waals surface area contributed by atoms with Gasteiger partial charge < -0.3 is 20.6 Å². The molecule has 1 rings (SSSR count). The second-order valence-corrected chi connectivity index (χ2v) is 4.82. The zero-order chi connectivity index (χ0) is 15.7. The first-order valence-electron chi connectivity index (χ1n) is 7.01. The number of urea groups is 1. The average molecular weight is 293 g/mol. The van der Waals surface area contributed by atoms with E-state index < -0.39 is 5.97 Å². The summed E-state index contributed by atoms with van der Waals surface area (Å²) >= 11 is 0. The van der Waals surface area contributed by atoms with Gasteiger partial charge in [-0.15, -0.1) is 0 Å². The molecule has 0 aliphatic heterocycles. The fourth-order valence-corrected chi connectivity index (χ4v) is 1.98. The van der Waals surface area contributed by atoms with Crippen LogP contribution in [0.1, 0.15) is 22.3 Å². The van der Waals surface area contributed by atoms with Crippen molar-refractivity contribution in [1.82, 2.24) is 15.5 Å². The van der Waals surface area contributed by atoms with E-state index in [0.29, 0.717) is 19.5 Å². The van der Waals surface area contributed by atoms with Crippen LogP contribution < -0.4 is 10.6 Å². The lowest BCUT2D eigenvalue weighted by Crippen LogP contribution is -2.39. The number of aromatic carboxylic acids is 1. The van der Waals surface area contributed by atoms with E-state index in [4.69, 9.17) is 5.11 Å². The number of carbonyl (C=O) groups excluding carboxylic acids is 1. The Labute approximate surface area is 125 Å². The monoisotopic (exact) mass is 293 g/mol. The van der Waals surface area contributed by atoms with Gasteiger partial charge in [0.1, 0.15) is 0 Å². The lowest BCUT2D eigenvalue weighted by Gasteiger charge is -2.18. The highest BCUT2D eigenvalue weighted by molar-refractivity contribution is 5.89. The minimum atomic E-state index is -0.943. The van der Waals surface area contributed by atoms with E-state index in [2.05, 4.69) is 10.6 Å². The van der Waals surface area contributed by atoms with Gasteiger partial charge in [-0.3, -0.25) is 0 Å². The summed E-state index contributed by atoms with van der Waals surface area (Å²) in [6.07, 6.45) is 1.39. The summed E-state index contributed by atoms with van der Waals surface area (Å²) < 4.78 is 0. The molecule has 0 aliphatic rings. The van der Waals surface area contributed by atoms with Crippen LogP contribution in [0.5, 0.6) is 0 Å². The Kier molecular flexibility index (Phi) is 7.25. The Morgan fingerprint density at radius 2 is 1.95 bits per heavy atom. The van der Waals surface area contributed by atoms with Crippen molar-refractivity contribution < 1.29 is 14.7 Å². The standard InChI is InChI=1S/C15H23N3O3/c1-16-9-5-11-18(2)15(21)17-10-8-12-6-3-4-7-13(12)14(19)20/h3-4,6-7,16H,5,8-11H2,1-2H3,(H,17,21)(H,19,20). The van der Waals surface area contributed by atoms with Crippen molar-refractivity contribution in [1.29, 1.82) is 0 Å². The van der Waals surface area contributed by atoms with Crippen LogP contribution in [0.3, 0.4) is 0 Å². The first kappa shape index (κ1) is 17.0. The zero-order valence-corrected chi connectivity index (χ0v) is 12.6. The van der Waals surface area contributed by atoms with Gasteiger partial charge in [-0.05, 0) is 38.1 Å². The smallest absolute Gasteiger partial charge is 0.335 e. The minimum Gasteiger partial charge on any atom is -0.478 e. The Bertz CT molecular complexity index is 477. The molecule has 0 saturated carbocycles. The molecule has 0 heterocycles. The molecule has 116 valence electrons. The number of hydrogen-bond donors (Lipinski definition) is 3. The van der Waals surface area contributed by atoms with Crippen LogP contribution >= 0.6 is 0 Å². The van der Waals surface area contributed by atoms with Crippen molar-refractivity contribution in [2.24, 2.45) is 0 Å². The van der Waals surface area contributed by atoms with Crippen molar-refractivity contribution in [3.8, 4) is 0 Å². The Morgan fingerprint density at radius 1 is 1.24 bits per heavy atom. The second-order valence-electron chi connectivity index (χ2n) is 4.82. The number of nitrogens with one attached hydrogen (secondary N) is 2. The molecule has 1 aromatic carbocycles. The van der Waals surface area contributed by atoms with Gasteiger partial charge in [-0.1, -0.05) is 18.2 Å². The van der Waals surface area contributed by atoms with E-state index >= 15 is 0 Å². The number of nitrogens with zero attached hydrogens (tertiary/aromatic N) is 1. The molecule has 0 aliphatic carbocycles. The highest BCUT2D eigenvalue weighted by Gasteiger charge is 2.10. The SMILES string of the molecule is CNCCCN(C)C(=O)NCCc1ccccc1C(=O)O. The van der Waals surface area contributed by atoms with Crippen LogP contribution in [0.2, 0.25) is 0 Å².